The van der Waals surface area contributed by atoms with Gasteiger partial charge in [-0.2, -0.15) is 0 Å². The largest absolute Gasteiger partial charge is 0.0654 e. The predicted molar refractivity (Wildman–Crippen MR) is 635 cm³/mol. The smallest absolute Gasteiger partial charge is 0.0334 e. The van der Waals surface area contributed by atoms with E-state index in [1.54, 1.807) is 0 Å². The molecule has 1 aliphatic rings. The highest BCUT2D eigenvalue weighted by Crippen LogP contribution is 2.43. The van der Waals surface area contributed by atoms with Crippen molar-refractivity contribution in [3.63, 3.8) is 0 Å². The van der Waals surface area contributed by atoms with Gasteiger partial charge in [-0.25, -0.2) is 0 Å². The van der Waals surface area contributed by atoms with Crippen LogP contribution in [0.5, 0.6) is 0 Å². The molecular formula is C146H144. The Morgan fingerprint density at radius 1 is 0.130 bits per heavy atom. The average molecular weight is 1900 g/mol. The molecule has 0 aromatic heterocycles. The molecule has 0 saturated carbocycles. The minimum absolute atomic E-state index is 0.923. The fraction of sp³-hybridized carbons (Fsp3) is 0.329. The van der Waals surface area contributed by atoms with E-state index in [1.807, 2.05) is 0 Å². The van der Waals surface area contributed by atoms with E-state index >= 15 is 0 Å². The lowest BCUT2D eigenvalue weighted by molar-refractivity contribution is 0.609. The molecule has 12 bridgehead atoms. The normalized spacial score (nSPS) is 11.8. The van der Waals surface area contributed by atoms with E-state index < -0.39 is 0 Å². The van der Waals surface area contributed by atoms with Crippen LogP contribution in [0.3, 0.4) is 0 Å². The highest BCUT2D eigenvalue weighted by molar-refractivity contribution is 6.13. The van der Waals surface area contributed by atoms with Crippen LogP contribution in [-0.4, -0.2) is 0 Å². The summed E-state index contributed by atoms with van der Waals surface area (Å²) >= 11 is 0. The van der Waals surface area contributed by atoms with Gasteiger partial charge in [-0.05, 0) is 350 Å². The van der Waals surface area contributed by atoms with Gasteiger partial charge >= 0.3 is 0 Å². The maximum absolute atomic E-state index is 3.99. The van der Waals surface area contributed by atoms with E-state index in [4.69, 9.17) is 0 Å². The first kappa shape index (κ1) is 101. The van der Waals surface area contributed by atoms with Gasteiger partial charge in [-0.1, -0.05) is 451 Å². The van der Waals surface area contributed by atoms with Gasteiger partial charge in [-0.15, -0.1) is 0 Å². The third kappa shape index (κ3) is 23.1. The second kappa shape index (κ2) is 50.2. The number of hydrogen-bond acceptors (Lipinski definition) is 0. The van der Waals surface area contributed by atoms with Crippen LogP contribution < -0.4 is 0 Å². The van der Waals surface area contributed by atoms with Gasteiger partial charge in [0.25, 0.3) is 0 Å². The Kier molecular flexibility index (Phi) is 34.6. The zero-order valence-electron chi connectivity index (χ0n) is 87.9. The standard InChI is InChI=1S/C146H144/c1-7-13-19-25-31-37-73-119-124-79-47-59-105-57-43-44-58-106-60-48-80-125-120(74-38-32-26-20-14-8-2)127-82-50-62-108(138(127)101-136(106)125)90-92-111-65-53-85-130-122(76-40-34-28-22-16-10-4)132-87-55-67-113(143(132)103-141(111)130)95-97-115-69-45-71-117-99-118-72-46-70-116(146(118)134(145(115)117)78-42-36-30-24-18-12-6)98-96-114-68-56-88-133-123(77-41-35-29-23-17-11-5)131-86-54-66-112(142(131)104-144(114)133)94-93-110-64-52-84-129-121(75-39-33-27-21-15-9-3)128-83-51-63-109(139(128)102-140(110)129)91-89-107-61-49-81-126(119)137(107)100-135(105)124/h45-56,59-72,79-88,99-104H,7-42,73-78H2,1-6H3. The zero-order valence-corrected chi connectivity index (χ0v) is 87.9. The maximum atomic E-state index is 3.99. The number of aryl methyl sites for hydroxylation is 6. The van der Waals surface area contributed by atoms with E-state index in [2.05, 4.69) is 379 Å². The minimum atomic E-state index is 0.923. The Balaban J connectivity index is 0.834. The van der Waals surface area contributed by atoms with Gasteiger partial charge in [0.05, 0.1) is 0 Å². The monoisotopic (exact) mass is 1900 g/mol. The van der Waals surface area contributed by atoms with Gasteiger partial charge in [0.15, 0.2) is 0 Å². The van der Waals surface area contributed by atoms with Gasteiger partial charge in [0.1, 0.15) is 0 Å². The summed E-state index contributed by atoms with van der Waals surface area (Å²) in [4.78, 5) is 0. The molecular weight excluding hydrogens is 1750 g/mol. The van der Waals surface area contributed by atoms with E-state index in [1.165, 1.54) is 334 Å². The molecule has 0 heterocycles. The van der Waals surface area contributed by atoms with Crippen molar-refractivity contribution in [3.05, 3.63) is 355 Å². The van der Waals surface area contributed by atoms with Crippen LogP contribution in [0.4, 0.5) is 0 Å². The van der Waals surface area contributed by atoms with Crippen LogP contribution in [-0.2, 0) is 38.5 Å². The molecule has 0 heteroatoms. The first-order valence-corrected chi connectivity index (χ1v) is 56.8. The van der Waals surface area contributed by atoms with Crippen molar-refractivity contribution in [2.75, 3.05) is 0 Å². The van der Waals surface area contributed by atoms with Crippen LogP contribution >= 0.6 is 0 Å². The molecule has 0 unspecified atom stereocenters. The van der Waals surface area contributed by atoms with Crippen molar-refractivity contribution in [1.29, 1.82) is 0 Å². The molecule has 0 spiro atoms. The predicted octanol–water partition coefficient (Wildman–Crippen LogP) is 39.7. The topological polar surface area (TPSA) is 0 Å². The van der Waals surface area contributed by atoms with E-state index in [0.29, 0.717) is 0 Å². The highest BCUT2D eigenvalue weighted by atomic mass is 14.3. The van der Waals surface area contributed by atoms with Gasteiger partial charge < -0.3 is 0 Å². The second-order valence-electron chi connectivity index (χ2n) is 41.8. The van der Waals surface area contributed by atoms with Gasteiger partial charge in [-0.3, -0.25) is 0 Å². The Hall–Kier alpha value is -14.0. The molecule has 0 aliphatic heterocycles. The lowest BCUT2D eigenvalue weighted by atomic mass is 9.88. The van der Waals surface area contributed by atoms with Crippen LogP contribution in [0.25, 0.3) is 129 Å². The number of rotatable bonds is 42. The summed E-state index contributed by atoms with van der Waals surface area (Å²) in [5.41, 5.74) is 20.5. The molecule has 18 aromatic carbocycles. The molecule has 18 aromatic rings. The molecule has 0 radical (unpaired) electrons. The van der Waals surface area contributed by atoms with Crippen molar-refractivity contribution in [2.24, 2.45) is 0 Å². The molecule has 0 nitrogen and oxygen atoms in total. The molecule has 0 amide bonds. The molecule has 0 N–H and O–H groups in total. The summed E-state index contributed by atoms with van der Waals surface area (Å²) in [6.45, 7) is 13.9. The summed E-state index contributed by atoms with van der Waals surface area (Å²) in [6, 6.07) is 96.7. The van der Waals surface area contributed by atoms with Crippen LogP contribution in [0.2, 0.25) is 0 Å². The summed E-state index contributed by atoms with van der Waals surface area (Å²) in [7, 11) is 0. The average Bonchev–Trinajstić information content (AvgIpc) is 0.756. The quantitative estimate of drug-likeness (QED) is 0.0203. The molecule has 146 heavy (non-hydrogen) atoms. The summed E-state index contributed by atoms with van der Waals surface area (Å²) in [5.74, 6) is 53.9. The minimum Gasteiger partial charge on any atom is -0.0654 e. The highest BCUT2D eigenvalue weighted by Gasteiger charge is 2.23. The fourth-order valence-electron chi connectivity index (χ4n) is 23.9. The van der Waals surface area contributed by atoms with Gasteiger partial charge in [0.2, 0.25) is 0 Å². The number of hydrogen-bond donors (Lipinski definition) is 0. The maximum Gasteiger partial charge on any atom is 0.0334 e. The van der Waals surface area contributed by atoms with E-state index in [0.717, 1.165) is 165 Å². The summed E-state index contributed by atoms with van der Waals surface area (Å²) < 4.78 is 0. The van der Waals surface area contributed by atoms with Crippen LogP contribution in [0, 0.1) is 82.9 Å². The Labute approximate surface area is 872 Å². The Morgan fingerprint density at radius 3 is 0.473 bits per heavy atom. The first-order chi connectivity index (χ1) is 72.3. The SMILES string of the molecule is CCCCCCCCc1c2cccc3c2cc2c(cccc12)C#Cc1cccc2c(CCCCCCCC)c4cccc(c4cc12)C#Cc1cccc2c(CCCCCCCC)c4cccc(c4cc12)C#Cc1cccc2cc4cccc(c4c(CCCCCCCC)c12)C#Cc1cccc2c(CCCCCCCC)c4cccc(c4cc12)C#Cc1cccc2c(CCCCCCCC)c4cccc(c4cc12)C#CC#C3. The van der Waals surface area contributed by atoms with E-state index in [9.17, 15) is 0 Å². The summed E-state index contributed by atoms with van der Waals surface area (Å²) in [6.07, 6.45) is 49.7. The molecule has 0 saturated heterocycles. The third-order valence-corrected chi connectivity index (χ3v) is 31.7. The Morgan fingerprint density at radius 2 is 0.281 bits per heavy atom. The molecule has 1 aliphatic carbocycles. The molecule has 19 rings (SSSR count). The van der Waals surface area contributed by atoms with Crippen molar-refractivity contribution in [2.45, 2.75) is 311 Å². The molecule has 0 atom stereocenters. The summed E-state index contributed by atoms with van der Waals surface area (Å²) in [5, 5.41) is 29.3. The van der Waals surface area contributed by atoms with Crippen molar-refractivity contribution in [3.8, 4) is 82.9 Å². The third-order valence-electron chi connectivity index (χ3n) is 31.7. The van der Waals surface area contributed by atoms with Crippen molar-refractivity contribution < 1.29 is 0 Å². The zero-order chi connectivity index (χ0) is 99.5. The molecule has 728 valence electrons. The van der Waals surface area contributed by atoms with Gasteiger partial charge in [0, 0.05) is 77.5 Å². The molecule has 0 fully saturated rings. The lowest BCUT2D eigenvalue weighted by Crippen LogP contribution is -1.97. The van der Waals surface area contributed by atoms with E-state index in [-0.39, 0.29) is 0 Å². The van der Waals surface area contributed by atoms with Crippen LogP contribution in [0.1, 0.15) is 373 Å². The van der Waals surface area contributed by atoms with Crippen LogP contribution in [0.15, 0.2) is 255 Å². The number of benzene rings is 18. The first-order valence-electron chi connectivity index (χ1n) is 56.8. The lowest BCUT2D eigenvalue weighted by Gasteiger charge is -2.16. The van der Waals surface area contributed by atoms with Crippen molar-refractivity contribution in [1.82, 2.24) is 0 Å². The Bertz CT molecular complexity index is 8310. The second-order valence-corrected chi connectivity index (χ2v) is 41.8. The van der Waals surface area contributed by atoms with Crippen molar-refractivity contribution >= 4 is 129 Å². The number of unbranched alkanes of at least 4 members (excludes halogenated alkanes) is 30. The fourth-order valence-corrected chi connectivity index (χ4v) is 23.9.